The van der Waals surface area contributed by atoms with Gasteiger partial charge in [-0.25, -0.2) is 0 Å². The van der Waals surface area contributed by atoms with Crippen molar-refractivity contribution in [1.82, 2.24) is 15.5 Å². The van der Waals surface area contributed by atoms with E-state index < -0.39 is 0 Å². The monoisotopic (exact) mass is 552 g/mol. The highest BCUT2D eigenvalue weighted by molar-refractivity contribution is 14.0. The van der Waals surface area contributed by atoms with Crippen LogP contribution >= 0.6 is 24.0 Å². The molecule has 176 valence electrons. The van der Waals surface area contributed by atoms with Crippen LogP contribution in [-0.4, -0.2) is 55.3 Å². The summed E-state index contributed by atoms with van der Waals surface area (Å²) in [6, 6.07) is 14.7. The topological polar surface area (TPSA) is 69.1 Å². The van der Waals surface area contributed by atoms with Gasteiger partial charge in [-0.1, -0.05) is 35.9 Å². The second-order valence-electron chi connectivity index (χ2n) is 8.20. The van der Waals surface area contributed by atoms with E-state index >= 15 is 0 Å². The lowest BCUT2D eigenvalue weighted by Crippen LogP contribution is -2.48. The van der Waals surface area contributed by atoms with Gasteiger partial charge in [0.25, 0.3) is 0 Å². The minimum atomic E-state index is 0. The van der Waals surface area contributed by atoms with E-state index in [0.717, 1.165) is 57.0 Å². The van der Waals surface area contributed by atoms with Gasteiger partial charge in [0, 0.05) is 38.8 Å². The molecule has 1 aliphatic rings. The molecule has 1 saturated heterocycles. The lowest BCUT2D eigenvalue weighted by Gasteiger charge is -2.33. The number of methoxy groups -OCH3 is 1. The molecule has 0 saturated carbocycles. The normalized spacial score (nSPS) is 15.2. The maximum Gasteiger partial charge on any atom is 0.191 e. The van der Waals surface area contributed by atoms with Gasteiger partial charge in [-0.05, 0) is 56.4 Å². The minimum absolute atomic E-state index is 0. The molecular weight excluding hydrogens is 515 g/mol. The van der Waals surface area contributed by atoms with Crippen LogP contribution in [0.15, 0.2) is 47.5 Å². The number of hydrogen-bond donors (Lipinski definition) is 3. The molecule has 0 aliphatic carbocycles. The van der Waals surface area contributed by atoms with E-state index in [2.05, 4.69) is 53.6 Å². The lowest BCUT2D eigenvalue weighted by atomic mass is 10.0. The predicted octanol–water partition coefficient (Wildman–Crippen LogP) is 4.09. The standard InChI is InChI=1S/C25H36N4O2.HI/c1-4-26-25(27-13-10-20-8-9-23(30)24(17-20)31-3)28-22-11-14-29(15-12-22)18-21-7-5-6-19(2)16-21;/h5-9,16-17,22,30H,4,10-15,18H2,1-3H3,(H2,26,27,28);1H. The minimum Gasteiger partial charge on any atom is -0.504 e. The molecule has 1 heterocycles. The zero-order valence-corrected chi connectivity index (χ0v) is 21.8. The number of nitrogens with one attached hydrogen (secondary N) is 2. The summed E-state index contributed by atoms with van der Waals surface area (Å²) in [6.07, 6.45) is 3.03. The van der Waals surface area contributed by atoms with E-state index in [0.29, 0.717) is 18.3 Å². The smallest absolute Gasteiger partial charge is 0.191 e. The zero-order chi connectivity index (χ0) is 22.1. The van der Waals surface area contributed by atoms with Crippen LogP contribution in [0, 0.1) is 6.92 Å². The van der Waals surface area contributed by atoms with E-state index in [1.165, 1.54) is 11.1 Å². The number of ether oxygens (including phenoxy) is 1. The molecule has 1 fully saturated rings. The molecule has 3 N–H and O–H groups in total. The fourth-order valence-electron chi connectivity index (χ4n) is 3.99. The zero-order valence-electron chi connectivity index (χ0n) is 19.4. The maximum atomic E-state index is 9.74. The van der Waals surface area contributed by atoms with Gasteiger partial charge in [0.15, 0.2) is 17.5 Å². The van der Waals surface area contributed by atoms with Crippen molar-refractivity contribution in [2.45, 2.75) is 45.7 Å². The van der Waals surface area contributed by atoms with Gasteiger partial charge in [0.1, 0.15) is 0 Å². The molecule has 0 unspecified atom stereocenters. The first-order valence-electron chi connectivity index (χ1n) is 11.3. The number of phenols is 1. The Kier molecular flexibility index (Phi) is 11.1. The van der Waals surface area contributed by atoms with E-state index in [1.54, 1.807) is 13.2 Å². The second-order valence-corrected chi connectivity index (χ2v) is 8.20. The first kappa shape index (κ1) is 26.3. The SMILES string of the molecule is CCNC(=NCCc1ccc(O)c(OC)c1)NC1CCN(Cc2cccc(C)c2)CC1.I. The van der Waals surface area contributed by atoms with Gasteiger partial charge in [-0.3, -0.25) is 9.89 Å². The van der Waals surface area contributed by atoms with Crippen molar-refractivity contribution in [1.29, 1.82) is 0 Å². The summed E-state index contributed by atoms with van der Waals surface area (Å²) in [7, 11) is 1.57. The van der Waals surface area contributed by atoms with Crippen LogP contribution in [0.1, 0.15) is 36.5 Å². The predicted molar refractivity (Wildman–Crippen MR) is 142 cm³/mol. The molecule has 1 aliphatic heterocycles. The van der Waals surface area contributed by atoms with E-state index in [4.69, 9.17) is 9.73 Å². The van der Waals surface area contributed by atoms with E-state index in [-0.39, 0.29) is 29.7 Å². The molecule has 0 bridgehead atoms. The molecular formula is C25H37IN4O2. The highest BCUT2D eigenvalue weighted by Gasteiger charge is 2.20. The molecule has 0 spiro atoms. The number of likely N-dealkylation sites (tertiary alicyclic amines) is 1. The van der Waals surface area contributed by atoms with Crippen molar-refractivity contribution in [3.63, 3.8) is 0 Å². The average molecular weight is 553 g/mol. The number of aromatic hydroxyl groups is 1. The van der Waals surface area contributed by atoms with Crippen molar-refractivity contribution in [3.8, 4) is 11.5 Å². The van der Waals surface area contributed by atoms with Crippen molar-refractivity contribution in [2.75, 3.05) is 33.3 Å². The van der Waals surface area contributed by atoms with Crippen LogP contribution in [0.5, 0.6) is 11.5 Å². The Morgan fingerprint density at radius 1 is 1.16 bits per heavy atom. The summed E-state index contributed by atoms with van der Waals surface area (Å²) in [5, 5.41) is 16.7. The number of benzene rings is 2. The Labute approximate surface area is 209 Å². The number of aryl methyl sites for hydroxylation is 1. The average Bonchev–Trinajstić information content (AvgIpc) is 2.76. The quantitative estimate of drug-likeness (QED) is 0.262. The van der Waals surface area contributed by atoms with Gasteiger partial charge >= 0.3 is 0 Å². The third-order valence-corrected chi connectivity index (χ3v) is 5.68. The van der Waals surface area contributed by atoms with Gasteiger partial charge in [0.05, 0.1) is 7.11 Å². The first-order valence-corrected chi connectivity index (χ1v) is 11.3. The third-order valence-electron chi connectivity index (χ3n) is 5.68. The number of phenolic OH excluding ortho intramolecular Hbond substituents is 1. The van der Waals surface area contributed by atoms with Crippen molar-refractivity contribution >= 4 is 29.9 Å². The summed E-state index contributed by atoms with van der Waals surface area (Å²) in [5.74, 6) is 1.55. The van der Waals surface area contributed by atoms with E-state index in [1.807, 2.05) is 12.1 Å². The molecule has 0 radical (unpaired) electrons. The molecule has 6 nitrogen and oxygen atoms in total. The number of hydrogen-bond acceptors (Lipinski definition) is 4. The molecule has 0 atom stereocenters. The number of guanidine groups is 1. The Morgan fingerprint density at radius 3 is 2.62 bits per heavy atom. The Balaban J connectivity index is 0.00000363. The molecule has 2 aromatic rings. The van der Waals surface area contributed by atoms with Crippen molar-refractivity contribution < 1.29 is 9.84 Å². The van der Waals surface area contributed by atoms with Crippen LogP contribution in [0.2, 0.25) is 0 Å². The van der Waals surface area contributed by atoms with Gasteiger partial charge in [0.2, 0.25) is 0 Å². The highest BCUT2D eigenvalue weighted by atomic mass is 127. The van der Waals surface area contributed by atoms with Gasteiger partial charge in [-0.15, -0.1) is 24.0 Å². The van der Waals surface area contributed by atoms with Crippen molar-refractivity contribution in [2.24, 2.45) is 4.99 Å². The summed E-state index contributed by atoms with van der Waals surface area (Å²) in [6.45, 7) is 8.97. The Morgan fingerprint density at radius 2 is 1.94 bits per heavy atom. The first-order chi connectivity index (χ1) is 15.1. The maximum absolute atomic E-state index is 9.74. The summed E-state index contributed by atoms with van der Waals surface area (Å²) < 4.78 is 5.19. The van der Waals surface area contributed by atoms with Crippen LogP contribution in [0.3, 0.4) is 0 Å². The number of aliphatic imine (C=N–C) groups is 1. The molecule has 3 rings (SSSR count). The van der Waals surface area contributed by atoms with Crippen LogP contribution in [0.4, 0.5) is 0 Å². The van der Waals surface area contributed by atoms with Gasteiger partial charge < -0.3 is 20.5 Å². The molecule has 0 amide bonds. The number of halogens is 1. The van der Waals surface area contributed by atoms with Gasteiger partial charge in [-0.2, -0.15) is 0 Å². The van der Waals surface area contributed by atoms with Crippen LogP contribution in [-0.2, 0) is 13.0 Å². The number of rotatable bonds is 8. The Hall–Kier alpha value is -2.00. The van der Waals surface area contributed by atoms with Crippen LogP contribution in [0.25, 0.3) is 0 Å². The summed E-state index contributed by atoms with van der Waals surface area (Å²) in [4.78, 5) is 7.29. The molecule has 0 aromatic heterocycles. The number of nitrogens with zero attached hydrogens (tertiary/aromatic N) is 2. The van der Waals surface area contributed by atoms with E-state index in [9.17, 15) is 5.11 Å². The Bertz CT molecular complexity index is 867. The lowest BCUT2D eigenvalue weighted by molar-refractivity contribution is 0.198. The number of piperidine rings is 1. The molecule has 2 aromatic carbocycles. The van der Waals surface area contributed by atoms with Crippen molar-refractivity contribution in [3.05, 3.63) is 59.2 Å². The molecule has 32 heavy (non-hydrogen) atoms. The fraction of sp³-hybridized carbons (Fsp3) is 0.480. The highest BCUT2D eigenvalue weighted by Crippen LogP contribution is 2.26. The molecule has 7 heteroatoms. The largest absolute Gasteiger partial charge is 0.504 e. The summed E-state index contributed by atoms with van der Waals surface area (Å²) >= 11 is 0. The summed E-state index contributed by atoms with van der Waals surface area (Å²) in [5.41, 5.74) is 3.82. The van der Waals surface area contributed by atoms with Crippen LogP contribution < -0.4 is 15.4 Å². The second kappa shape index (κ2) is 13.5. The third kappa shape index (κ3) is 8.16. The fourth-order valence-corrected chi connectivity index (χ4v) is 3.99.